The van der Waals surface area contributed by atoms with Gasteiger partial charge in [-0.25, -0.2) is 4.79 Å². The van der Waals surface area contributed by atoms with Crippen LogP contribution in [0.5, 0.6) is 5.75 Å². The largest absolute Gasteiger partial charge is 0.467 e. The predicted molar refractivity (Wildman–Crippen MR) is 104 cm³/mol. The maximum atomic E-state index is 12.8. The Morgan fingerprint density at radius 2 is 1.92 bits per heavy atom. The average molecular weight is 351 g/mol. The molecule has 0 radical (unpaired) electrons. The number of anilines is 1. The minimum absolute atomic E-state index is 0.141. The molecular weight excluding hydrogens is 330 g/mol. The molecule has 134 valence electrons. The average Bonchev–Trinajstić information content (AvgIpc) is 2.58. The zero-order chi connectivity index (χ0) is 18.5. The Hall–Kier alpha value is -2.79. The van der Waals surface area contributed by atoms with Crippen LogP contribution in [0.3, 0.4) is 0 Å². The quantitative estimate of drug-likeness (QED) is 0.426. The highest BCUT2D eigenvalue weighted by Crippen LogP contribution is 2.39. The first-order valence-corrected chi connectivity index (χ1v) is 8.53. The van der Waals surface area contributed by atoms with E-state index in [1.165, 1.54) is 0 Å². The standard InChI is InChI=1S/C21H21NO4/c1-12-10-21(2,3)22-16-8-7-15-14-6-5-13(25-11-24-4)9-17(14)26-20(23)19(15)18(12)16/h5-10,22H,11H2,1-4H3. The minimum Gasteiger partial charge on any atom is -0.467 e. The first kappa shape index (κ1) is 16.7. The Bertz CT molecular complexity index is 1110. The summed E-state index contributed by atoms with van der Waals surface area (Å²) in [7, 11) is 1.56. The topological polar surface area (TPSA) is 60.7 Å². The highest BCUT2D eigenvalue weighted by molar-refractivity contribution is 6.10. The van der Waals surface area contributed by atoms with Crippen molar-refractivity contribution in [1.29, 1.82) is 0 Å². The van der Waals surface area contributed by atoms with E-state index in [1.54, 1.807) is 13.2 Å². The van der Waals surface area contributed by atoms with Crippen molar-refractivity contribution in [2.24, 2.45) is 0 Å². The second-order valence-corrected chi connectivity index (χ2v) is 7.18. The number of hydrogen-bond donors (Lipinski definition) is 1. The summed E-state index contributed by atoms with van der Waals surface area (Å²) in [4.78, 5) is 12.8. The lowest BCUT2D eigenvalue weighted by Gasteiger charge is -2.31. The zero-order valence-corrected chi connectivity index (χ0v) is 15.3. The molecule has 0 fully saturated rings. The Morgan fingerprint density at radius 1 is 1.15 bits per heavy atom. The van der Waals surface area contributed by atoms with Crippen LogP contribution in [0.25, 0.3) is 27.3 Å². The van der Waals surface area contributed by atoms with Crippen molar-refractivity contribution in [1.82, 2.24) is 0 Å². The zero-order valence-electron chi connectivity index (χ0n) is 15.3. The third kappa shape index (κ3) is 2.65. The Morgan fingerprint density at radius 3 is 2.69 bits per heavy atom. The third-order valence-corrected chi connectivity index (χ3v) is 4.63. The molecule has 0 saturated carbocycles. The summed E-state index contributed by atoms with van der Waals surface area (Å²) in [6.07, 6.45) is 2.14. The van der Waals surface area contributed by atoms with Gasteiger partial charge < -0.3 is 19.2 Å². The monoisotopic (exact) mass is 351 g/mol. The molecule has 1 N–H and O–H groups in total. The fourth-order valence-corrected chi connectivity index (χ4v) is 3.73. The summed E-state index contributed by atoms with van der Waals surface area (Å²) in [5, 5.41) is 5.84. The highest BCUT2D eigenvalue weighted by atomic mass is 16.7. The van der Waals surface area contributed by atoms with Gasteiger partial charge in [0, 0.05) is 35.2 Å². The minimum atomic E-state index is -0.345. The summed E-state index contributed by atoms with van der Waals surface area (Å²) < 4.78 is 16.0. The molecule has 0 unspecified atom stereocenters. The van der Waals surface area contributed by atoms with Gasteiger partial charge in [0.2, 0.25) is 0 Å². The highest BCUT2D eigenvalue weighted by Gasteiger charge is 2.25. The number of fused-ring (bicyclic) bond motifs is 5. The number of nitrogens with one attached hydrogen (secondary N) is 1. The number of allylic oxidation sites excluding steroid dienone is 1. The molecule has 2 heterocycles. The molecule has 3 aromatic rings. The normalized spacial score (nSPS) is 15.5. The summed E-state index contributed by atoms with van der Waals surface area (Å²) in [5.41, 5.74) is 2.94. The molecule has 0 saturated heterocycles. The van der Waals surface area contributed by atoms with Crippen LogP contribution in [0, 0.1) is 0 Å². The number of hydrogen-bond acceptors (Lipinski definition) is 5. The van der Waals surface area contributed by atoms with E-state index in [0.717, 1.165) is 27.6 Å². The van der Waals surface area contributed by atoms with E-state index in [1.807, 2.05) is 31.2 Å². The Balaban J connectivity index is 1.99. The van der Waals surface area contributed by atoms with Crippen molar-refractivity contribution in [2.75, 3.05) is 19.2 Å². The van der Waals surface area contributed by atoms with Crippen LogP contribution in [-0.4, -0.2) is 19.4 Å². The summed E-state index contributed by atoms with van der Waals surface area (Å²) in [6, 6.07) is 9.50. The fourth-order valence-electron chi connectivity index (χ4n) is 3.73. The second-order valence-electron chi connectivity index (χ2n) is 7.18. The lowest BCUT2D eigenvalue weighted by Crippen LogP contribution is -2.31. The van der Waals surface area contributed by atoms with Gasteiger partial charge in [-0.3, -0.25) is 0 Å². The lowest BCUT2D eigenvalue weighted by atomic mass is 9.88. The summed E-state index contributed by atoms with van der Waals surface area (Å²) >= 11 is 0. The van der Waals surface area contributed by atoms with Crippen LogP contribution in [0.15, 0.2) is 45.6 Å². The van der Waals surface area contributed by atoms with Gasteiger partial charge in [-0.2, -0.15) is 0 Å². The van der Waals surface area contributed by atoms with E-state index in [9.17, 15) is 4.79 Å². The molecule has 0 bridgehead atoms. The van der Waals surface area contributed by atoms with Gasteiger partial charge in [0.1, 0.15) is 11.3 Å². The molecule has 1 aromatic heterocycles. The molecule has 1 aliphatic rings. The van der Waals surface area contributed by atoms with Gasteiger partial charge >= 0.3 is 5.63 Å². The molecule has 26 heavy (non-hydrogen) atoms. The maximum absolute atomic E-state index is 12.8. The third-order valence-electron chi connectivity index (χ3n) is 4.63. The predicted octanol–water partition coefficient (Wildman–Crippen LogP) is 4.54. The van der Waals surface area contributed by atoms with E-state index in [-0.39, 0.29) is 18.0 Å². The van der Waals surface area contributed by atoms with E-state index in [4.69, 9.17) is 13.9 Å². The molecule has 5 nitrogen and oxygen atoms in total. The summed E-state index contributed by atoms with van der Waals surface area (Å²) in [5.74, 6) is 0.597. The van der Waals surface area contributed by atoms with Gasteiger partial charge in [-0.05, 0) is 44.5 Å². The van der Waals surface area contributed by atoms with E-state index >= 15 is 0 Å². The van der Waals surface area contributed by atoms with E-state index < -0.39 is 0 Å². The first-order chi connectivity index (χ1) is 12.4. The first-order valence-electron chi connectivity index (χ1n) is 8.53. The van der Waals surface area contributed by atoms with Crippen LogP contribution >= 0.6 is 0 Å². The van der Waals surface area contributed by atoms with Crippen molar-refractivity contribution >= 4 is 33.0 Å². The molecule has 0 aliphatic carbocycles. The molecule has 5 heteroatoms. The van der Waals surface area contributed by atoms with Crippen LogP contribution in [0.1, 0.15) is 26.3 Å². The molecule has 0 spiro atoms. The van der Waals surface area contributed by atoms with Crippen molar-refractivity contribution in [2.45, 2.75) is 26.3 Å². The maximum Gasteiger partial charge on any atom is 0.344 e. The second kappa shape index (κ2) is 5.88. The van der Waals surface area contributed by atoms with E-state index in [2.05, 4.69) is 25.2 Å². The smallest absolute Gasteiger partial charge is 0.344 e. The SMILES string of the molecule is COCOc1ccc2c(c1)oc(=O)c1c3c(ccc12)NC(C)(C)C=C3C. The Kier molecular flexibility index (Phi) is 3.77. The lowest BCUT2D eigenvalue weighted by molar-refractivity contribution is 0.0512. The van der Waals surface area contributed by atoms with Crippen LogP contribution in [-0.2, 0) is 4.74 Å². The van der Waals surface area contributed by atoms with Crippen molar-refractivity contribution in [3.05, 3.63) is 52.4 Å². The van der Waals surface area contributed by atoms with Gasteiger partial charge in [-0.1, -0.05) is 12.1 Å². The molecule has 0 atom stereocenters. The molecule has 1 aliphatic heterocycles. The molecular formula is C21H21NO4. The summed E-state index contributed by atoms with van der Waals surface area (Å²) in [6.45, 7) is 6.39. The van der Waals surface area contributed by atoms with Gasteiger partial charge in [0.05, 0.1) is 10.9 Å². The van der Waals surface area contributed by atoms with E-state index in [0.29, 0.717) is 16.7 Å². The van der Waals surface area contributed by atoms with Crippen molar-refractivity contribution in [3.8, 4) is 5.75 Å². The Labute approximate surface area is 151 Å². The molecule has 4 rings (SSSR count). The van der Waals surface area contributed by atoms with Crippen molar-refractivity contribution in [3.63, 3.8) is 0 Å². The van der Waals surface area contributed by atoms with Crippen LogP contribution < -0.4 is 15.7 Å². The van der Waals surface area contributed by atoms with Crippen LogP contribution in [0.4, 0.5) is 5.69 Å². The van der Waals surface area contributed by atoms with Crippen molar-refractivity contribution < 1.29 is 13.9 Å². The molecule has 0 amide bonds. The van der Waals surface area contributed by atoms with Gasteiger partial charge in [-0.15, -0.1) is 0 Å². The number of methoxy groups -OCH3 is 1. The number of ether oxygens (including phenoxy) is 2. The van der Waals surface area contributed by atoms with Gasteiger partial charge in [0.15, 0.2) is 6.79 Å². The van der Waals surface area contributed by atoms with Gasteiger partial charge in [0.25, 0.3) is 0 Å². The number of benzene rings is 2. The van der Waals surface area contributed by atoms with Crippen LogP contribution in [0.2, 0.25) is 0 Å². The fraction of sp³-hybridized carbons (Fsp3) is 0.286. The molecule has 2 aromatic carbocycles. The number of rotatable bonds is 3.